The van der Waals surface area contributed by atoms with Crippen molar-refractivity contribution in [2.45, 2.75) is 24.1 Å². The van der Waals surface area contributed by atoms with E-state index in [1.807, 2.05) is 6.26 Å². The van der Waals surface area contributed by atoms with E-state index in [9.17, 15) is 9.59 Å². The molecule has 0 aliphatic carbocycles. The van der Waals surface area contributed by atoms with E-state index in [1.165, 1.54) is 16.7 Å². The van der Waals surface area contributed by atoms with E-state index in [1.54, 1.807) is 0 Å². The number of nitrogens with zero attached hydrogens (tertiary/aromatic N) is 1. The highest BCUT2D eigenvalue weighted by Crippen LogP contribution is 2.28. The van der Waals surface area contributed by atoms with Gasteiger partial charge < -0.3 is 10.0 Å². The second-order valence-electron chi connectivity index (χ2n) is 3.41. The van der Waals surface area contributed by atoms with Gasteiger partial charge in [0.05, 0.1) is 0 Å². The van der Waals surface area contributed by atoms with Crippen molar-refractivity contribution in [1.29, 1.82) is 0 Å². The van der Waals surface area contributed by atoms with Crippen LogP contribution in [0.5, 0.6) is 0 Å². The molecular formula is C9H15NO3S2. The Morgan fingerprint density at radius 1 is 1.60 bits per heavy atom. The molecule has 0 saturated carbocycles. The molecule has 6 heteroatoms. The third-order valence-corrected chi connectivity index (χ3v) is 3.87. The van der Waals surface area contributed by atoms with Gasteiger partial charge in [-0.05, 0) is 18.4 Å². The maximum atomic E-state index is 11.6. The predicted octanol–water partition coefficient (Wildman–Crippen LogP) is 0.723. The SMILES string of the molecule is CSC1CCN(C(=O)CCS)[C@@H]1C(=O)O. The van der Waals surface area contributed by atoms with Crippen LogP contribution in [0.1, 0.15) is 12.8 Å². The number of amides is 1. The molecular weight excluding hydrogens is 234 g/mol. The minimum Gasteiger partial charge on any atom is -0.480 e. The number of carbonyl (C=O) groups excluding carboxylic acids is 1. The third kappa shape index (κ3) is 2.81. The lowest BCUT2D eigenvalue weighted by atomic mass is 10.2. The lowest BCUT2D eigenvalue weighted by Gasteiger charge is -2.23. The summed E-state index contributed by atoms with van der Waals surface area (Å²) >= 11 is 5.49. The van der Waals surface area contributed by atoms with Crippen LogP contribution >= 0.6 is 24.4 Å². The van der Waals surface area contributed by atoms with Gasteiger partial charge in [-0.2, -0.15) is 24.4 Å². The van der Waals surface area contributed by atoms with Crippen molar-refractivity contribution in [1.82, 2.24) is 4.90 Å². The first kappa shape index (κ1) is 12.7. The van der Waals surface area contributed by atoms with Crippen LogP contribution in [0.2, 0.25) is 0 Å². The van der Waals surface area contributed by atoms with Crippen molar-refractivity contribution in [3.8, 4) is 0 Å². The van der Waals surface area contributed by atoms with Gasteiger partial charge in [-0.15, -0.1) is 0 Å². The lowest BCUT2D eigenvalue weighted by Crippen LogP contribution is -2.44. The zero-order chi connectivity index (χ0) is 11.4. The molecule has 1 saturated heterocycles. The molecule has 0 aromatic rings. The second kappa shape index (κ2) is 5.65. The van der Waals surface area contributed by atoms with Crippen molar-refractivity contribution in [2.24, 2.45) is 0 Å². The second-order valence-corrected chi connectivity index (χ2v) is 4.93. The molecule has 4 nitrogen and oxygen atoms in total. The van der Waals surface area contributed by atoms with Crippen molar-refractivity contribution >= 4 is 36.3 Å². The topological polar surface area (TPSA) is 57.6 Å². The Morgan fingerprint density at radius 3 is 2.73 bits per heavy atom. The Balaban J connectivity index is 2.72. The Bertz CT molecular complexity index is 260. The van der Waals surface area contributed by atoms with E-state index in [-0.39, 0.29) is 11.2 Å². The molecule has 1 N–H and O–H groups in total. The summed E-state index contributed by atoms with van der Waals surface area (Å²) in [7, 11) is 0. The predicted molar refractivity (Wildman–Crippen MR) is 63.5 cm³/mol. The summed E-state index contributed by atoms with van der Waals surface area (Å²) in [4.78, 5) is 24.2. The molecule has 0 bridgehead atoms. The zero-order valence-electron chi connectivity index (χ0n) is 8.55. The van der Waals surface area contributed by atoms with E-state index < -0.39 is 12.0 Å². The average Bonchev–Trinajstić information content (AvgIpc) is 2.61. The summed E-state index contributed by atoms with van der Waals surface area (Å²) < 4.78 is 0. The first-order valence-electron chi connectivity index (χ1n) is 4.77. The number of hydrogen-bond donors (Lipinski definition) is 2. The van der Waals surface area contributed by atoms with Crippen molar-refractivity contribution in [2.75, 3.05) is 18.6 Å². The fourth-order valence-electron chi connectivity index (χ4n) is 1.82. The van der Waals surface area contributed by atoms with Gasteiger partial charge in [0.1, 0.15) is 6.04 Å². The van der Waals surface area contributed by atoms with Gasteiger partial charge in [-0.1, -0.05) is 0 Å². The van der Waals surface area contributed by atoms with Crippen LogP contribution in [-0.2, 0) is 9.59 Å². The highest BCUT2D eigenvalue weighted by Gasteiger charge is 2.40. The third-order valence-electron chi connectivity index (χ3n) is 2.54. The van der Waals surface area contributed by atoms with Crippen LogP contribution in [0.4, 0.5) is 0 Å². The monoisotopic (exact) mass is 249 g/mol. The van der Waals surface area contributed by atoms with Gasteiger partial charge in [-0.3, -0.25) is 4.79 Å². The van der Waals surface area contributed by atoms with Gasteiger partial charge in [0.15, 0.2) is 0 Å². The smallest absolute Gasteiger partial charge is 0.327 e. The summed E-state index contributed by atoms with van der Waals surface area (Å²) in [6, 6.07) is -0.660. The number of carboxylic acid groups (broad SMARTS) is 1. The zero-order valence-corrected chi connectivity index (χ0v) is 10.3. The van der Waals surface area contributed by atoms with Gasteiger partial charge in [0.2, 0.25) is 5.91 Å². The molecule has 86 valence electrons. The quantitative estimate of drug-likeness (QED) is 0.721. The summed E-state index contributed by atoms with van der Waals surface area (Å²) in [5.41, 5.74) is 0. The molecule has 1 amide bonds. The van der Waals surface area contributed by atoms with E-state index in [2.05, 4.69) is 12.6 Å². The molecule has 1 heterocycles. The lowest BCUT2D eigenvalue weighted by molar-refractivity contribution is -0.147. The van der Waals surface area contributed by atoms with Gasteiger partial charge >= 0.3 is 5.97 Å². The Hall–Kier alpha value is -0.360. The van der Waals surface area contributed by atoms with Crippen molar-refractivity contribution in [3.05, 3.63) is 0 Å². The van der Waals surface area contributed by atoms with Crippen LogP contribution in [-0.4, -0.2) is 51.7 Å². The van der Waals surface area contributed by atoms with Gasteiger partial charge in [-0.25, -0.2) is 4.79 Å². The molecule has 15 heavy (non-hydrogen) atoms. The van der Waals surface area contributed by atoms with Crippen LogP contribution in [0.25, 0.3) is 0 Å². The van der Waals surface area contributed by atoms with Gasteiger partial charge in [0, 0.05) is 18.2 Å². The molecule has 1 unspecified atom stereocenters. The molecule has 2 atom stereocenters. The summed E-state index contributed by atoms with van der Waals surface area (Å²) in [6.45, 7) is 0.551. The van der Waals surface area contributed by atoms with Crippen LogP contribution < -0.4 is 0 Å². The number of hydrogen-bond acceptors (Lipinski definition) is 4. The van der Waals surface area contributed by atoms with Gasteiger partial charge in [0.25, 0.3) is 0 Å². The van der Waals surface area contributed by atoms with Crippen molar-refractivity contribution in [3.63, 3.8) is 0 Å². The maximum absolute atomic E-state index is 11.6. The molecule has 0 aromatic carbocycles. The minimum atomic E-state index is -0.903. The van der Waals surface area contributed by atoms with Crippen LogP contribution in [0, 0.1) is 0 Å². The standard InChI is InChI=1S/C9H15NO3S2/c1-15-6-2-4-10(7(11)3-5-14)8(6)9(12)13/h6,8,14H,2-5H2,1H3,(H,12,13)/t6?,8-/m0/s1. The normalized spacial score (nSPS) is 25.6. The number of rotatable bonds is 4. The molecule has 0 radical (unpaired) electrons. The van der Waals surface area contributed by atoms with Crippen LogP contribution in [0.3, 0.4) is 0 Å². The summed E-state index contributed by atoms with van der Waals surface area (Å²) in [6.07, 6.45) is 2.96. The number of carboxylic acids is 1. The van der Waals surface area contributed by atoms with E-state index in [4.69, 9.17) is 5.11 Å². The van der Waals surface area contributed by atoms with Crippen LogP contribution in [0.15, 0.2) is 0 Å². The molecule has 1 aliphatic rings. The Morgan fingerprint density at radius 2 is 2.27 bits per heavy atom. The number of carbonyl (C=O) groups is 2. The molecule has 1 rings (SSSR count). The first-order valence-corrected chi connectivity index (χ1v) is 6.69. The fourth-order valence-corrected chi connectivity index (χ4v) is 2.88. The maximum Gasteiger partial charge on any atom is 0.327 e. The number of aliphatic carboxylic acids is 1. The first-order chi connectivity index (χ1) is 7.11. The molecule has 1 fully saturated rings. The Labute approximate surface area is 98.8 Å². The van der Waals surface area contributed by atoms with E-state index >= 15 is 0 Å². The molecule has 0 aromatic heterocycles. The van der Waals surface area contributed by atoms with E-state index in [0.717, 1.165) is 6.42 Å². The molecule has 1 aliphatic heterocycles. The number of thioether (sulfide) groups is 1. The average molecular weight is 249 g/mol. The summed E-state index contributed by atoms with van der Waals surface area (Å²) in [5.74, 6) is -0.542. The molecule has 0 spiro atoms. The van der Waals surface area contributed by atoms with E-state index in [0.29, 0.717) is 18.7 Å². The summed E-state index contributed by atoms with van der Waals surface area (Å²) in [5, 5.41) is 9.10. The Kier molecular flexibility index (Phi) is 4.79. The minimum absolute atomic E-state index is 0.0198. The number of likely N-dealkylation sites (tertiary alicyclic amines) is 1. The highest BCUT2D eigenvalue weighted by atomic mass is 32.2. The number of thiol groups is 1. The largest absolute Gasteiger partial charge is 0.480 e. The fraction of sp³-hybridized carbons (Fsp3) is 0.778. The highest BCUT2D eigenvalue weighted by molar-refractivity contribution is 7.99. The van der Waals surface area contributed by atoms with Crippen molar-refractivity contribution < 1.29 is 14.7 Å².